The van der Waals surface area contributed by atoms with Gasteiger partial charge in [-0.15, -0.1) is 0 Å². The molecule has 0 radical (unpaired) electrons. The van der Waals surface area contributed by atoms with Gasteiger partial charge in [0.25, 0.3) is 0 Å². The van der Waals surface area contributed by atoms with Crippen LogP contribution in [-0.2, 0) is 22.6 Å². The molecule has 0 aromatic heterocycles. The van der Waals surface area contributed by atoms with Gasteiger partial charge in [-0.2, -0.15) is 4.52 Å². The van der Waals surface area contributed by atoms with Gasteiger partial charge in [0.2, 0.25) is 0 Å². The van der Waals surface area contributed by atoms with E-state index in [1.54, 1.807) is 30.3 Å². The molecule has 0 aliphatic heterocycles. The molecular formula is C12H19N3O6P3+. The molecule has 0 saturated heterocycles. The van der Waals surface area contributed by atoms with Crippen molar-refractivity contribution in [3.63, 3.8) is 0 Å². The second-order valence-electron chi connectivity index (χ2n) is 3.78. The standard InChI is InChI=1S/C12H19N3O6P3/c1-13-22(21-12(16)11-9-7-6-8-10-11)14-24(19-4,20-5)15-23(17-2)18-3/h6-10H,1H2,2-5H3/q+1. The van der Waals surface area contributed by atoms with Gasteiger partial charge in [-0.25, -0.2) is 9.32 Å². The summed E-state index contributed by atoms with van der Waals surface area (Å²) in [7, 11) is -1.09. The first-order chi connectivity index (χ1) is 11.5. The average molecular weight is 394 g/mol. The molecule has 0 spiro atoms. The summed E-state index contributed by atoms with van der Waals surface area (Å²) in [6.45, 7) is 3.40. The Morgan fingerprint density at radius 3 is 2.17 bits per heavy atom. The highest BCUT2D eigenvalue weighted by molar-refractivity contribution is 7.67. The van der Waals surface area contributed by atoms with E-state index in [1.165, 1.54) is 28.4 Å². The third-order valence-electron chi connectivity index (χ3n) is 2.46. The predicted octanol–water partition coefficient (Wildman–Crippen LogP) is 4.80. The van der Waals surface area contributed by atoms with Crippen LogP contribution in [0.2, 0.25) is 0 Å². The fraction of sp³-hybridized carbons (Fsp3) is 0.333. The van der Waals surface area contributed by atoms with Crippen LogP contribution in [0.4, 0.5) is 0 Å². The Labute approximate surface area is 143 Å². The van der Waals surface area contributed by atoms with Gasteiger partial charge in [0.15, 0.2) is 0 Å². The molecule has 1 aromatic rings. The normalized spacial score (nSPS) is 12.1. The van der Waals surface area contributed by atoms with Gasteiger partial charge in [-0.05, 0) is 16.9 Å². The molecule has 12 heteroatoms. The first kappa shape index (κ1) is 21.0. The molecule has 0 aliphatic rings. The number of hydrogen-bond donors (Lipinski definition) is 0. The summed E-state index contributed by atoms with van der Waals surface area (Å²) < 4.78 is 38.1. The molecule has 1 atom stereocenters. The summed E-state index contributed by atoms with van der Waals surface area (Å²) in [5.74, 6) is -0.580. The fourth-order valence-corrected chi connectivity index (χ4v) is 6.06. The van der Waals surface area contributed by atoms with Crippen LogP contribution in [0, 0.1) is 0 Å². The van der Waals surface area contributed by atoms with E-state index in [9.17, 15) is 4.79 Å². The van der Waals surface area contributed by atoms with Crippen molar-refractivity contribution in [1.29, 1.82) is 0 Å². The molecule has 1 rings (SSSR count). The van der Waals surface area contributed by atoms with E-state index in [2.05, 4.69) is 20.5 Å². The Hall–Kier alpha value is -1.04. The van der Waals surface area contributed by atoms with Crippen LogP contribution in [0.1, 0.15) is 10.4 Å². The molecule has 0 N–H and O–H groups in total. The maximum atomic E-state index is 12.1. The van der Waals surface area contributed by atoms with Crippen molar-refractivity contribution < 1.29 is 27.4 Å². The van der Waals surface area contributed by atoms with Crippen LogP contribution >= 0.6 is 24.3 Å². The third kappa shape index (κ3) is 6.11. The quantitative estimate of drug-likeness (QED) is 0.441. The van der Waals surface area contributed by atoms with Gasteiger partial charge < -0.3 is 18.1 Å². The summed E-state index contributed by atoms with van der Waals surface area (Å²) in [5, 5.41) is 0. The minimum Gasteiger partial charge on any atom is -0.320 e. The maximum absolute atomic E-state index is 12.1. The van der Waals surface area contributed by atoms with Gasteiger partial charge in [0.1, 0.15) is 0 Å². The second kappa shape index (κ2) is 10.7. The van der Waals surface area contributed by atoms with Gasteiger partial charge in [-0.1, -0.05) is 18.2 Å². The number of nitrogens with zero attached hydrogens (tertiary/aromatic N) is 3. The Morgan fingerprint density at radius 2 is 1.71 bits per heavy atom. The topological polar surface area (TPSA) is 100 Å². The zero-order valence-corrected chi connectivity index (χ0v) is 16.4. The summed E-state index contributed by atoms with van der Waals surface area (Å²) >= 11 is 0. The molecule has 24 heavy (non-hydrogen) atoms. The highest BCUT2D eigenvalue weighted by Gasteiger charge is 2.33. The maximum Gasteiger partial charge on any atom is 0.597 e. The SMILES string of the molecule is C=N[P+](=NP(=NP(OC)OC)(OC)OC)OC(=O)c1ccccc1. The van der Waals surface area contributed by atoms with Gasteiger partial charge in [0, 0.05) is 35.2 Å². The van der Waals surface area contributed by atoms with E-state index in [0.717, 1.165) is 0 Å². The molecule has 0 aliphatic carbocycles. The van der Waals surface area contributed by atoms with Gasteiger partial charge in [0.05, 0.1) is 10.1 Å². The van der Waals surface area contributed by atoms with Gasteiger partial charge in [-0.3, -0.25) is 0 Å². The lowest BCUT2D eigenvalue weighted by atomic mass is 10.2. The Morgan fingerprint density at radius 1 is 1.12 bits per heavy atom. The highest BCUT2D eigenvalue weighted by Crippen LogP contribution is 2.63. The monoisotopic (exact) mass is 394 g/mol. The van der Waals surface area contributed by atoms with Crippen molar-refractivity contribution in [3.8, 4) is 0 Å². The van der Waals surface area contributed by atoms with Crippen molar-refractivity contribution in [1.82, 2.24) is 0 Å². The summed E-state index contributed by atoms with van der Waals surface area (Å²) in [5.41, 5.74) is 0.371. The molecule has 0 saturated carbocycles. The van der Waals surface area contributed by atoms with Crippen molar-refractivity contribution in [3.05, 3.63) is 35.9 Å². The minimum atomic E-state index is -3.12. The minimum absolute atomic E-state index is 0.371. The Balaban J connectivity index is 3.14. The summed E-state index contributed by atoms with van der Waals surface area (Å²) in [6, 6.07) is 8.47. The zero-order valence-electron chi connectivity index (χ0n) is 13.7. The zero-order chi connectivity index (χ0) is 18.0. The van der Waals surface area contributed by atoms with Crippen LogP contribution in [0.5, 0.6) is 0 Å². The largest absolute Gasteiger partial charge is 0.597 e. The lowest BCUT2D eigenvalue weighted by Gasteiger charge is -2.13. The van der Waals surface area contributed by atoms with Crippen molar-refractivity contribution in [2.24, 2.45) is 13.8 Å². The van der Waals surface area contributed by atoms with E-state index in [4.69, 9.17) is 22.6 Å². The molecule has 1 aromatic carbocycles. The van der Waals surface area contributed by atoms with Crippen LogP contribution in [0.25, 0.3) is 0 Å². The van der Waals surface area contributed by atoms with Crippen molar-refractivity contribution in [2.75, 3.05) is 28.4 Å². The Bertz CT molecular complexity index is 628. The summed E-state index contributed by atoms with van der Waals surface area (Å²) in [4.78, 5) is 12.1. The van der Waals surface area contributed by atoms with Gasteiger partial charge >= 0.3 is 30.2 Å². The third-order valence-corrected chi connectivity index (χ3v) is 7.61. The van der Waals surface area contributed by atoms with E-state index < -0.39 is 30.2 Å². The molecule has 1 unspecified atom stereocenters. The lowest BCUT2D eigenvalue weighted by Crippen LogP contribution is -1.98. The Kier molecular flexibility index (Phi) is 9.41. The number of hydrogen-bond acceptors (Lipinski definition) is 7. The van der Waals surface area contributed by atoms with E-state index >= 15 is 0 Å². The molecule has 132 valence electrons. The van der Waals surface area contributed by atoms with E-state index in [1.807, 2.05) is 0 Å². The molecule has 0 fully saturated rings. The number of carbonyl (C=O) groups is 1. The molecule has 9 nitrogen and oxygen atoms in total. The van der Waals surface area contributed by atoms with Crippen LogP contribution in [-0.4, -0.2) is 41.1 Å². The average Bonchev–Trinajstić information content (AvgIpc) is 2.65. The van der Waals surface area contributed by atoms with Crippen LogP contribution < -0.4 is 0 Å². The first-order valence-electron chi connectivity index (χ1n) is 6.43. The van der Waals surface area contributed by atoms with Crippen molar-refractivity contribution in [2.45, 2.75) is 0 Å². The molecule has 0 amide bonds. The van der Waals surface area contributed by atoms with Crippen LogP contribution in [0.3, 0.4) is 0 Å². The smallest absolute Gasteiger partial charge is 0.320 e. The van der Waals surface area contributed by atoms with Crippen molar-refractivity contribution >= 4 is 37.0 Å². The second-order valence-corrected chi connectivity index (χ2v) is 9.10. The first-order valence-corrected chi connectivity index (χ1v) is 10.3. The van der Waals surface area contributed by atoms with E-state index in [0.29, 0.717) is 5.56 Å². The molecule has 0 heterocycles. The number of rotatable bonds is 9. The molecule has 0 bridgehead atoms. The fourth-order valence-electron chi connectivity index (χ4n) is 1.35. The highest BCUT2D eigenvalue weighted by atomic mass is 31.2. The van der Waals surface area contributed by atoms with Crippen LogP contribution in [0.15, 0.2) is 44.1 Å². The lowest BCUT2D eigenvalue weighted by molar-refractivity contribution is 0.0757. The molecular weight excluding hydrogens is 375 g/mol. The number of carbonyl (C=O) groups excluding carboxylic acids is 1. The van der Waals surface area contributed by atoms with E-state index in [-0.39, 0.29) is 0 Å². The number of benzene rings is 1. The predicted molar refractivity (Wildman–Crippen MR) is 95.1 cm³/mol. The summed E-state index contributed by atoms with van der Waals surface area (Å²) in [6.07, 6.45) is 0.